The largest absolute Gasteiger partial charge is 0.573 e. The summed E-state index contributed by atoms with van der Waals surface area (Å²) in [5.74, 6) is -1.13. The summed E-state index contributed by atoms with van der Waals surface area (Å²) in [7, 11) is 1.49. The molecule has 0 radical (unpaired) electrons. The van der Waals surface area contributed by atoms with Crippen LogP contribution in [0.15, 0.2) is 41.8 Å². The summed E-state index contributed by atoms with van der Waals surface area (Å²) in [4.78, 5) is 25.7. The Morgan fingerprint density at radius 3 is 2.42 bits per heavy atom. The summed E-state index contributed by atoms with van der Waals surface area (Å²) < 4.78 is 39.9. The minimum Gasteiger partial charge on any atom is -0.406 e. The quantitative estimate of drug-likeness (QED) is 0.892. The zero-order valence-corrected chi connectivity index (χ0v) is 13.3. The number of rotatable bonds is 5. The second-order valence-electron chi connectivity index (χ2n) is 4.76. The summed E-state index contributed by atoms with van der Waals surface area (Å²) in [6.45, 7) is -0.183. The summed E-state index contributed by atoms with van der Waals surface area (Å²) in [6.07, 6.45) is -4.77. The number of thiophene rings is 1. The standard InChI is InChI=1S/C15H13F3N2O3S/c1-20(14(22)12-3-2-8-24-12)9-13(21)19-10-4-6-11(7-5-10)23-15(16,17)18/h2-8H,9H2,1H3,(H,19,21). The number of hydrogen-bond donors (Lipinski definition) is 1. The van der Waals surface area contributed by atoms with Crippen molar-refractivity contribution in [2.24, 2.45) is 0 Å². The Labute approximate surface area is 139 Å². The Balaban J connectivity index is 1.89. The molecule has 0 aliphatic carbocycles. The van der Waals surface area contributed by atoms with Crippen molar-refractivity contribution in [3.63, 3.8) is 0 Å². The van der Waals surface area contributed by atoms with Gasteiger partial charge >= 0.3 is 6.36 Å². The first-order valence-corrected chi connectivity index (χ1v) is 7.57. The van der Waals surface area contributed by atoms with Crippen LogP contribution in [0, 0.1) is 0 Å². The molecule has 0 atom stereocenters. The maximum absolute atomic E-state index is 12.1. The lowest BCUT2D eigenvalue weighted by Gasteiger charge is -2.16. The van der Waals surface area contributed by atoms with E-state index in [9.17, 15) is 22.8 Å². The van der Waals surface area contributed by atoms with Gasteiger partial charge in [-0.15, -0.1) is 24.5 Å². The van der Waals surface area contributed by atoms with Crippen molar-refractivity contribution in [3.05, 3.63) is 46.7 Å². The molecule has 1 aromatic carbocycles. The van der Waals surface area contributed by atoms with Crippen LogP contribution in [0.5, 0.6) is 5.75 Å². The maximum Gasteiger partial charge on any atom is 0.573 e. The van der Waals surface area contributed by atoms with Gasteiger partial charge in [-0.25, -0.2) is 0 Å². The van der Waals surface area contributed by atoms with Gasteiger partial charge < -0.3 is 15.0 Å². The number of benzene rings is 1. The van der Waals surface area contributed by atoms with Gasteiger partial charge in [-0.2, -0.15) is 0 Å². The van der Waals surface area contributed by atoms with Crippen LogP contribution in [0.2, 0.25) is 0 Å². The van der Waals surface area contributed by atoms with E-state index in [0.29, 0.717) is 10.6 Å². The predicted octanol–water partition coefficient (Wildman–Crippen LogP) is 3.36. The van der Waals surface area contributed by atoms with Crippen molar-refractivity contribution in [1.82, 2.24) is 4.90 Å². The summed E-state index contributed by atoms with van der Waals surface area (Å²) >= 11 is 1.27. The monoisotopic (exact) mass is 358 g/mol. The Morgan fingerprint density at radius 1 is 1.21 bits per heavy atom. The van der Waals surface area contributed by atoms with E-state index in [4.69, 9.17) is 0 Å². The first-order valence-electron chi connectivity index (χ1n) is 6.69. The summed E-state index contributed by atoms with van der Waals surface area (Å²) in [5, 5.41) is 4.25. The lowest BCUT2D eigenvalue weighted by Crippen LogP contribution is -2.34. The molecule has 1 heterocycles. The predicted molar refractivity (Wildman–Crippen MR) is 83.0 cm³/mol. The van der Waals surface area contributed by atoms with Crippen LogP contribution < -0.4 is 10.1 Å². The molecule has 0 aliphatic rings. The highest BCUT2D eigenvalue weighted by Gasteiger charge is 2.30. The SMILES string of the molecule is CN(CC(=O)Nc1ccc(OC(F)(F)F)cc1)C(=O)c1cccs1. The van der Waals surface area contributed by atoms with Gasteiger partial charge in [0.15, 0.2) is 0 Å². The van der Waals surface area contributed by atoms with Crippen molar-refractivity contribution in [1.29, 1.82) is 0 Å². The molecule has 0 saturated carbocycles. The molecule has 0 saturated heterocycles. The number of carbonyl (C=O) groups is 2. The van der Waals surface area contributed by atoms with E-state index in [2.05, 4.69) is 10.1 Å². The lowest BCUT2D eigenvalue weighted by molar-refractivity contribution is -0.274. The molecule has 0 unspecified atom stereocenters. The van der Waals surface area contributed by atoms with Gasteiger partial charge in [0.25, 0.3) is 5.91 Å². The van der Waals surface area contributed by atoms with Crippen molar-refractivity contribution in [2.45, 2.75) is 6.36 Å². The average Bonchev–Trinajstić information content (AvgIpc) is 3.01. The second-order valence-corrected chi connectivity index (χ2v) is 5.71. The highest BCUT2D eigenvalue weighted by molar-refractivity contribution is 7.12. The van der Waals surface area contributed by atoms with Gasteiger partial charge in [-0.05, 0) is 35.7 Å². The van der Waals surface area contributed by atoms with Crippen LogP contribution in [0.3, 0.4) is 0 Å². The van der Waals surface area contributed by atoms with E-state index in [1.165, 1.54) is 35.4 Å². The van der Waals surface area contributed by atoms with Gasteiger partial charge in [0.2, 0.25) is 5.91 Å². The number of likely N-dealkylation sites (N-methyl/N-ethyl adjacent to an activating group) is 1. The second kappa shape index (κ2) is 7.35. The minimum atomic E-state index is -4.77. The van der Waals surface area contributed by atoms with Crippen LogP contribution in [-0.2, 0) is 4.79 Å². The number of anilines is 1. The van der Waals surface area contributed by atoms with Crippen LogP contribution >= 0.6 is 11.3 Å². The fraction of sp³-hybridized carbons (Fsp3) is 0.200. The molecule has 128 valence electrons. The van der Waals surface area contributed by atoms with E-state index in [1.54, 1.807) is 17.5 Å². The fourth-order valence-electron chi connectivity index (χ4n) is 1.82. The number of alkyl halides is 3. The van der Waals surface area contributed by atoms with Gasteiger partial charge in [-0.1, -0.05) is 6.07 Å². The smallest absolute Gasteiger partial charge is 0.406 e. The Kier molecular flexibility index (Phi) is 5.45. The number of hydrogen-bond acceptors (Lipinski definition) is 4. The van der Waals surface area contributed by atoms with Gasteiger partial charge in [-0.3, -0.25) is 9.59 Å². The number of carbonyl (C=O) groups excluding carboxylic acids is 2. The average molecular weight is 358 g/mol. The third-order valence-electron chi connectivity index (χ3n) is 2.83. The molecule has 2 amide bonds. The molecule has 2 aromatic rings. The Morgan fingerprint density at radius 2 is 1.88 bits per heavy atom. The van der Waals surface area contributed by atoms with E-state index in [1.807, 2.05) is 0 Å². The normalized spacial score (nSPS) is 11.0. The maximum atomic E-state index is 12.1. The van der Waals surface area contributed by atoms with Crippen molar-refractivity contribution >= 4 is 28.8 Å². The number of ether oxygens (including phenoxy) is 1. The number of amides is 2. The first kappa shape index (κ1) is 17.8. The number of nitrogens with one attached hydrogen (secondary N) is 1. The van der Waals surface area contributed by atoms with Crippen molar-refractivity contribution in [3.8, 4) is 5.75 Å². The van der Waals surface area contributed by atoms with Crippen LogP contribution in [-0.4, -0.2) is 36.7 Å². The molecule has 0 bridgehead atoms. The van der Waals surface area contributed by atoms with Gasteiger partial charge in [0.05, 0.1) is 11.4 Å². The van der Waals surface area contributed by atoms with Crippen LogP contribution in [0.4, 0.5) is 18.9 Å². The highest BCUT2D eigenvalue weighted by Crippen LogP contribution is 2.23. The molecule has 0 spiro atoms. The Bertz CT molecular complexity index is 700. The van der Waals surface area contributed by atoms with E-state index < -0.39 is 12.3 Å². The van der Waals surface area contributed by atoms with Gasteiger partial charge in [0, 0.05) is 12.7 Å². The van der Waals surface area contributed by atoms with Crippen LogP contribution in [0.1, 0.15) is 9.67 Å². The zero-order chi connectivity index (χ0) is 17.7. The summed E-state index contributed by atoms with van der Waals surface area (Å²) in [6, 6.07) is 8.12. The first-order chi connectivity index (χ1) is 11.2. The molecule has 1 aromatic heterocycles. The molecule has 0 aliphatic heterocycles. The van der Waals surface area contributed by atoms with E-state index in [0.717, 1.165) is 12.1 Å². The fourth-order valence-corrected chi connectivity index (χ4v) is 2.53. The van der Waals surface area contributed by atoms with Crippen molar-refractivity contribution < 1.29 is 27.5 Å². The Hall–Kier alpha value is -2.55. The summed E-state index contributed by atoms with van der Waals surface area (Å²) in [5.41, 5.74) is 0.298. The van der Waals surface area contributed by atoms with Gasteiger partial charge in [0.1, 0.15) is 5.75 Å². The zero-order valence-electron chi connectivity index (χ0n) is 12.5. The minimum absolute atomic E-state index is 0.183. The number of halogens is 3. The third-order valence-corrected chi connectivity index (χ3v) is 3.69. The molecule has 5 nitrogen and oxygen atoms in total. The highest BCUT2D eigenvalue weighted by atomic mass is 32.1. The molecule has 0 fully saturated rings. The third kappa shape index (κ3) is 5.27. The van der Waals surface area contributed by atoms with Crippen molar-refractivity contribution in [2.75, 3.05) is 18.9 Å². The van der Waals surface area contributed by atoms with E-state index in [-0.39, 0.29) is 18.2 Å². The molecular weight excluding hydrogens is 345 g/mol. The topological polar surface area (TPSA) is 58.6 Å². The number of nitrogens with zero attached hydrogens (tertiary/aromatic N) is 1. The van der Waals surface area contributed by atoms with Crippen LogP contribution in [0.25, 0.3) is 0 Å². The molecule has 2 rings (SSSR count). The van der Waals surface area contributed by atoms with E-state index >= 15 is 0 Å². The molecular formula is C15H13F3N2O3S. The molecule has 24 heavy (non-hydrogen) atoms. The molecule has 1 N–H and O–H groups in total. The molecule has 9 heteroatoms. The lowest BCUT2D eigenvalue weighted by atomic mass is 10.3.